The Morgan fingerprint density at radius 1 is 0.938 bits per heavy atom. The van der Waals surface area contributed by atoms with E-state index in [0.29, 0.717) is 0 Å². The van der Waals surface area contributed by atoms with Gasteiger partial charge in [-0.15, -0.1) is 0 Å². The van der Waals surface area contributed by atoms with Gasteiger partial charge in [0.1, 0.15) is 0 Å². The lowest BCUT2D eigenvalue weighted by Gasteiger charge is -2.17. The summed E-state index contributed by atoms with van der Waals surface area (Å²) in [7, 11) is 0. The van der Waals surface area contributed by atoms with Gasteiger partial charge >= 0.3 is 0 Å². The summed E-state index contributed by atoms with van der Waals surface area (Å²) in [4.78, 5) is 0. The van der Waals surface area contributed by atoms with E-state index < -0.39 is 0 Å². The van der Waals surface area contributed by atoms with Crippen LogP contribution in [0.2, 0.25) is 0 Å². The Balaban J connectivity index is 2.37. The quantitative estimate of drug-likeness (QED) is 0.606. The van der Waals surface area contributed by atoms with Crippen LogP contribution in [0.25, 0.3) is 0 Å². The second-order valence-corrected chi connectivity index (χ2v) is 3.92. The molecule has 0 aliphatic heterocycles. The molecule has 2 nitrogen and oxygen atoms in total. The molecule has 1 atom stereocenters. The number of aryl methyl sites for hydroxylation is 1. The zero-order valence-electron chi connectivity index (χ0n) is 9.35. The topological polar surface area (TPSA) is 38.0 Å². The fraction of sp³-hybridized carbons (Fsp3) is 0.143. The van der Waals surface area contributed by atoms with Gasteiger partial charge in [-0.25, -0.2) is 5.43 Å². The van der Waals surface area contributed by atoms with Crippen LogP contribution in [0.1, 0.15) is 22.7 Å². The molecule has 1 unspecified atom stereocenters. The van der Waals surface area contributed by atoms with Crippen LogP contribution in [0.15, 0.2) is 54.6 Å². The highest BCUT2D eigenvalue weighted by Crippen LogP contribution is 2.21. The number of rotatable bonds is 3. The Bertz CT molecular complexity index is 451. The Morgan fingerprint density at radius 2 is 1.62 bits per heavy atom. The highest BCUT2D eigenvalue weighted by Gasteiger charge is 2.11. The number of nitrogens with two attached hydrogens (primary N) is 1. The van der Waals surface area contributed by atoms with E-state index in [1.165, 1.54) is 16.7 Å². The molecule has 0 aliphatic carbocycles. The second kappa shape index (κ2) is 4.92. The lowest BCUT2D eigenvalue weighted by molar-refractivity contribution is 0.636. The van der Waals surface area contributed by atoms with E-state index in [9.17, 15) is 0 Å². The average molecular weight is 212 g/mol. The Kier molecular flexibility index (Phi) is 3.34. The molecule has 0 heterocycles. The van der Waals surface area contributed by atoms with Crippen LogP contribution in [0.4, 0.5) is 0 Å². The summed E-state index contributed by atoms with van der Waals surface area (Å²) in [5, 5.41) is 0. The van der Waals surface area contributed by atoms with Crippen molar-refractivity contribution < 1.29 is 0 Å². The number of hydrogen-bond donors (Lipinski definition) is 2. The van der Waals surface area contributed by atoms with Gasteiger partial charge in [0.05, 0.1) is 6.04 Å². The maximum atomic E-state index is 5.64. The molecule has 0 aromatic heterocycles. The largest absolute Gasteiger partial charge is 0.271 e. The third-order valence-corrected chi connectivity index (χ3v) is 2.68. The third-order valence-electron chi connectivity index (χ3n) is 2.68. The molecule has 0 fully saturated rings. The maximum absolute atomic E-state index is 5.64. The van der Waals surface area contributed by atoms with Crippen LogP contribution in [-0.2, 0) is 0 Å². The number of hydrogen-bond acceptors (Lipinski definition) is 2. The van der Waals surface area contributed by atoms with Crippen molar-refractivity contribution in [2.24, 2.45) is 5.84 Å². The van der Waals surface area contributed by atoms with Gasteiger partial charge < -0.3 is 0 Å². The van der Waals surface area contributed by atoms with Crippen molar-refractivity contribution in [3.63, 3.8) is 0 Å². The smallest absolute Gasteiger partial charge is 0.0710 e. The van der Waals surface area contributed by atoms with Crippen molar-refractivity contribution in [1.82, 2.24) is 5.43 Å². The summed E-state index contributed by atoms with van der Waals surface area (Å²) >= 11 is 0. The van der Waals surface area contributed by atoms with E-state index in [2.05, 4.69) is 48.7 Å². The molecule has 2 rings (SSSR count). The summed E-state index contributed by atoms with van der Waals surface area (Å²) in [6.07, 6.45) is 0. The minimum Gasteiger partial charge on any atom is -0.271 e. The van der Waals surface area contributed by atoms with E-state index in [0.717, 1.165) is 0 Å². The van der Waals surface area contributed by atoms with E-state index in [1.54, 1.807) is 0 Å². The average Bonchev–Trinajstić information content (AvgIpc) is 2.31. The first-order valence-electron chi connectivity index (χ1n) is 5.39. The SMILES string of the molecule is Cc1cccc(C(NN)c2ccccc2)c1. The molecule has 0 saturated carbocycles. The van der Waals surface area contributed by atoms with E-state index in [1.807, 2.05) is 18.2 Å². The van der Waals surface area contributed by atoms with Gasteiger partial charge in [-0.1, -0.05) is 60.2 Å². The van der Waals surface area contributed by atoms with E-state index in [-0.39, 0.29) is 6.04 Å². The molecule has 0 saturated heterocycles. The predicted molar refractivity (Wildman–Crippen MR) is 66.8 cm³/mol. The first-order chi connectivity index (χ1) is 7.81. The zero-order valence-corrected chi connectivity index (χ0v) is 9.35. The Labute approximate surface area is 96.1 Å². The molecule has 0 bridgehead atoms. The Hall–Kier alpha value is -1.64. The first-order valence-corrected chi connectivity index (χ1v) is 5.39. The van der Waals surface area contributed by atoms with Crippen LogP contribution < -0.4 is 11.3 Å². The van der Waals surface area contributed by atoms with E-state index in [4.69, 9.17) is 5.84 Å². The van der Waals surface area contributed by atoms with Crippen LogP contribution in [0.3, 0.4) is 0 Å². The molecule has 0 amide bonds. The molecule has 16 heavy (non-hydrogen) atoms. The molecular formula is C14H16N2. The lowest BCUT2D eigenvalue weighted by atomic mass is 9.98. The molecule has 2 aromatic rings. The molecule has 0 spiro atoms. The highest BCUT2D eigenvalue weighted by atomic mass is 15.2. The standard InChI is InChI=1S/C14H16N2/c1-11-6-5-9-13(10-11)14(16-15)12-7-3-2-4-8-12/h2-10,14,16H,15H2,1H3. The summed E-state index contributed by atoms with van der Waals surface area (Å²) in [6, 6.07) is 18.6. The zero-order chi connectivity index (χ0) is 11.4. The predicted octanol–water partition coefficient (Wildman–Crippen LogP) is 2.55. The van der Waals surface area contributed by atoms with Crippen molar-refractivity contribution >= 4 is 0 Å². The van der Waals surface area contributed by atoms with Crippen molar-refractivity contribution in [1.29, 1.82) is 0 Å². The first kappa shape index (κ1) is 10.9. The fourth-order valence-electron chi connectivity index (χ4n) is 1.88. The summed E-state index contributed by atoms with van der Waals surface area (Å²) in [6.45, 7) is 2.09. The molecule has 2 aromatic carbocycles. The van der Waals surface area contributed by atoms with Crippen LogP contribution in [0, 0.1) is 6.92 Å². The highest BCUT2D eigenvalue weighted by molar-refractivity contribution is 5.33. The van der Waals surface area contributed by atoms with Crippen LogP contribution in [-0.4, -0.2) is 0 Å². The van der Waals surface area contributed by atoms with Crippen LogP contribution in [0.5, 0.6) is 0 Å². The number of benzene rings is 2. The molecular weight excluding hydrogens is 196 g/mol. The lowest BCUT2D eigenvalue weighted by Crippen LogP contribution is -2.28. The van der Waals surface area contributed by atoms with Gasteiger partial charge in [0.2, 0.25) is 0 Å². The van der Waals surface area contributed by atoms with Gasteiger partial charge in [-0.05, 0) is 18.1 Å². The number of hydrazine groups is 1. The molecule has 2 heteroatoms. The van der Waals surface area contributed by atoms with Crippen molar-refractivity contribution in [3.8, 4) is 0 Å². The van der Waals surface area contributed by atoms with Gasteiger partial charge in [0, 0.05) is 0 Å². The third kappa shape index (κ3) is 2.30. The van der Waals surface area contributed by atoms with Crippen molar-refractivity contribution in [2.75, 3.05) is 0 Å². The number of nitrogens with one attached hydrogen (secondary N) is 1. The molecule has 0 radical (unpaired) electrons. The molecule has 82 valence electrons. The van der Waals surface area contributed by atoms with Crippen LogP contribution >= 0.6 is 0 Å². The van der Waals surface area contributed by atoms with Gasteiger partial charge in [0.15, 0.2) is 0 Å². The minimum absolute atomic E-state index is 0.0566. The van der Waals surface area contributed by atoms with Crippen molar-refractivity contribution in [3.05, 3.63) is 71.3 Å². The maximum Gasteiger partial charge on any atom is 0.0710 e. The van der Waals surface area contributed by atoms with Gasteiger partial charge in [-0.3, -0.25) is 5.84 Å². The molecule has 3 N–H and O–H groups in total. The normalized spacial score (nSPS) is 12.4. The summed E-state index contributed by atoms with van der Waals surface area (Å²) in [5.74, 6) is 5.64. The minimum atomic E-state index is 0.0566. The molecule has 0 aliphatic rings. The summed E-state index contributed by atoms with van der Waals surface area (Å²) in [5.41, 5.74) is 6.47. The summed E-state index contributed by atoms with van der Waals surface area (Å²) < 4.78 is 0. The Morgan fingerprint density at radius 3 is 2.25 bits per heavy atom. The van der Waals surface area contributed by atoms with Gasteiger partial charge in [0.25, 0.3) is 0 Å². The fourth-order valence-corrected chi connectivity index (χ4v) is 1.88. The van der Waals surface area contributed by atoms with Crippen molar-refractivity contribution in [2.45, 2.75) is 13.0 Å². The van der Waals surface area contributed by atoms with E-state index >= 15 is 0 Å². The monoisotopic (exact) mass is 212 g/mol. The van der Waals surface area contributed by atoms with Gasteiger partial charge in [-0.2, -0.15) is 0 Å². The second-order valence-electron chi connectivity index (χ2n) is 3.92.